The van der Waals surface area contributed by atoms with Gasteiger partial charge in [-0.2, -0.15) is 0 Å². The number of nitrogens with one attached hydrogen (secondary N) is 1. The quantitative estimate of drug-likeness (QED) is 0.826. The van der Waals surface area contributed by atoms with Gasteiger partial charge in [0.15, 0.2) is 0 Å². The Labute approximate surface area is 148 Å². The van der Waals surface area contributed by atoms with E-state index in [4.69, 9.17) is 4.42 Å². The zero-order valence-electron chi connectivity index (χ0n) is 14.0. The van der Waals surface area contributed by atoms with E-state index in [9.17, 15) is 18.8 Å². The van der Waals surface area contributed by atoms with E-state index in [1.165, 1.54) is 30.4 Å². The van der Waals surface area contributed by atoms with Gasteiger partial charge in [0.25, 0.3) is 0 Å². The molecule has 1 aliphatic heterocycles. The molecule has 2 heterocycles. The molecule has 1 atom stereocenters. The van der Waals surface area contributed by atoms with Crippen LogP contribution in [0.5, 0.6) is 0 Å². The Morgan fingerprint density at radius 2 is 2.19 bits per heavy atom. The van der Waals surface area contributed by atoms with E-state index in [1.54, 1.807) is 12.1 Å². The van der Waals surface area contributed by atoms with Gasteiger partial charge in [0.1, 0.15) is 11.6 Å². The number of rotatable bonds is 5. The number of carbonyl (C=O) groups is 3. The van der Waals surface area contributed by atoms with E-state index in [1.807, 2.05) is 0 Å². The van der Waals surface area contributed by atoms with Crippen LogP contribution in [0.25, 0.3) is 0 Å². The lowest BCUT2D eigenvalue weighted by molar-refractivity contribution is -0.128. The Hall–Kier alpha value is -3.16. The maximum atomic E-state index is 13.9. The third kappa shape index (κ3) is 3.74. The van der Waals surface area contributed by atoms with Gasteiger partial charge < -0.3 is 19.4 Å². The largest absolute Gasteiger partial charge is 0.467 e. The molecule has 2 amide bonds. The number of nitrogens with zero attached hydrogens (tertiary/aromatic N) is 1. The number of amides is 2. The summed E-state index contributed by atoms with van der Waals surface area (Å²) in [6.45, 7) is 0.492. The Balaban J connectivity index is 1.67. The second kappa shape index (κ2) is 7.38. The average Bonchev–Trinajstić information content (AvgIpc) is 3.27. The number of hydrogen-bond acceptors (Lipinski definition) is 5. The van der Waals surface area contributed by atoms with Crippen molar-refractivity contribution in [3.63, 3.8) is 0 Å². The summed E-state index contributed by atoms with van der Waals surface area (Å²) in [5, 5.41) is 2.45. The summed E-state index contributed by atoms with van der Waals surface area (Å²) < 4.78 is 23.7. The lowest BCUT2D eigenvalue weighted by Crippen LogP contribution is -2.28. The molecule has 0 spiro atoms. The highest BCUT2D eigenvalue weighted by atomic mass is 19.1. The first kappa shape index (κ1) is 17.7. The van der Waals surface area contributed by atoms with E-state index in [0.29, 0.717) is 5.76 Å². The third-order valence-corrected chi connectivity index (χ3v) is 4.16. The molecule has 7 nitrogen and oxygen atoms in total. The van der Waals surface area contributed by atoms with Gasteiger partial charge in [-0.25, -0.2) is 9.18 Å². The predicted molar refractivity (Wildman–Crippen MR) is 88.6 cm³/mol. The number of likely N-dealkylation sites (tertiary alicyclic amines) is 1. The van der Waals surface area contributed by atoms with Gasteiger partial charge in [0, 0.05) is 13.0 Å². The Morgan fingerprint density at radius 1 is 1.38 bits per heavy atom. The number of anilines is 1. The number of furan rings is 1. The number of esters is 1. The molecule has 0 bridgehead atoms. The zero-order valence-corrected chi connectivity index (χ0v) is 14.0. The van der Waals surface area contributed by atoms with Gasteiger partial charge >= 0.3 is 5.97 Å². The number of hydrogen-bond donors (Lipinski definition) is 1. The van der Waals surface area contributed by atoms with Crippen molar-refractivity contribution in [1.82, 2.24) is 4.90 Å². The summed E-state index contributed by atoms with van der Waals surface area (Å²) in [7, 11) is 1.21. The maximum absolute atomic E-state index is 13.9. The number of carbonyl (C=O) groups excluding carboxylic acids is 3. The fourth-order valence-corrected chi connectivity index (χ4v) is 2.79. The fourth-order valence-electron chi connectivity index (χ4n) is 2.79. The van der Waals surface area contributed by atoms with E-state index >= 15 is 0 Å². The van der Waals surface area contributed by atoms with Crippen molar-refractivity contribution in [3.8, 4) is 0 Å². The van der Waals surface area contributed by atoms with Gasteiger partial charge in [-0.3, -0.25) is 9.59 Å². The molecule has 3 rings (SSSR count). The molecule has 0 radical (unpaired) electrons. The lowest BCUT2D eigenvalue weighted by atomic mass is 10.1. The first-order valence-electron chi connectivity index (χ1n) is 7.97. The van der Waals surface area contributed by atoms with Gasteiger partial charge in [-0.05, 0) is 30.3 Å². The molecule has 26 heavy (non-hydrogen) atoms. The van der Waals surface area contributed by atoms with Crippen molar-refractivity contribution in [2.75, 3.05) is 19.0 Å². The molecule has 1 aromatic carbocycles. The van der Waals surface area contributed by atoms with Gasteiger partial charge in [-0.1, -0.05) is 0 Å². The summed E-state index contributed by atoms with van der Waals surface area (Å²) in [5.74, 6) is -1.97. The van der Waals surface area contributed by atoms with Crippen LogP contribution in [0.4, 0.5) is 10.1 Å². The van der Waals surface area contributed by atoms with E-state index in [0.717, 1.165) is 6.07 Å². The molecule has 1 saturated heterocycles. The van der Waals surface area contributed by atoms with Crippen molar-refractivity contribution in [3.05, 3.63) is 53.7 Å². The molecule has 0 unspecified atom stereocenters. The van der Waals surface area contributed by atoms with Gasteiger partial charge in [-0.15, -0.1) is 0 Å². The molecule has 0 aliphatic carbocycles. The minimum atomic E-state index is -0.678. The fraction of sp³-hybridized carbons (Fsp3) is 0.278. The number of methoxy groups -OCH3 is 1. The van der Waals surface area contributed by atoms with Crippen LogP contribution in [0.2, 0.25) is 0 Å². The third-order valence-electron chi connectivity index (χ3n) is 4.16. The summed E-state index contributed by atoms with van der Waals surface area (Å²) in [6, 6.07) is 7.01. The van der Waals surface area contributed by atoms with Crippen LogP contribution < -0.4 is 5.32 Å². The van der Waals surface area contributed by atoms with Crippen LogP contribution >= 0.6 is 0 Å². The molecule has 0 saturated carbocycles. The number of halogens is 1. The second-order valence-electron chi connectivity index (χ2n) is 5.93. The van der Waals surface area contributed by atoms with Crippen molar-refractivity contribution in [1.29, 1.82) is 0 Å². The van der Waals surface area contributed by atoms with Crippen molar-refractivity contribution in [2.45, 2.75) is 13.0 Å². The minimum Gasteiger partial charge on any atom is -0.467 e. The molecule has 1 fully saturated rings. The van der Waals surface area contributed by atoms with Crippen molar-refractivity contribution >= 4 is 23.5 Å². The molecule has 8 heteroatoms. The Bertz CT molecular complexity index is 834. The highest BCUT2D eigenvalue weighted by molar-refractivity contribution is 5.98. The molecule has 136 valence electrons. The first-order chi connectivity index (χ1) is 12.5. The van der Waals surface area contributed by atoms with Crippen LogP contribution in [0.15, 0.2) is 41.0 Å². The topological polar surface area (TPSA) is 88.8 Å². The second-order valence-corrected chi connectivity index (χ2v) is 5.93. The van der Waals surface area contributed by atoms with Crippen LogP contribution in [0, 0.1) is 11.7 Å². The summed E-state index contributed by atoms with van der Waals surface area (Å²) in [4.78, 5) is 37.6. The molecule has 1 N–H and O–H groups in total. The zero-order chi connectivity index (χ0) is 18.7. The Morgan fingerprint density at radius 3 is 2.88 bits per heavy atom. The number of benzene rings is 1. The smallest absolute Gasteiger partial charge is 0.337 e. The van der Waals surface area contributed by atoms with Crippen LogP contribution in [0.3, 0.4) is 0 Å². The van der Waals surface area contributed by atoms with Crippen LogP contribution in [0.1, 0.15) is 22.5 Å². The monoisotopic (exact) mass is 360 g/mol. The van der Waals surface area contributed by atoms with E-state index in [-0.39, 0.29) is 36.7 Å². The van der Waals surface area contributed by atoms with E-state index < -0.39 is 23.6 Å². The van der Waals surface area contributed by atoms with Crippen molar-refractivity contribution < 1.29 is 27.9 Å². The molecule has 1 aliphatic rings. The SMILES string of the molecule is COC(=O)c1ccc(F)c(NC(=O)[C@H]2CC(=O)N(Cc3ccco3)C2)c1. The molecular weight excluding hydrogens is 343 g/mol. The first-order valence-corrected chi connectivity index (χ1v) is 7.97. The number of ether oxygens (including phenoxy) is 1. The molecular formula is C18H17FN2O5. The Kier molecular flexibility index (Phi) is 5.01. The lowest BCUT2D eigenvalue weighted by Gasteiger charge is -2.15. The normalized spacial score (nSPS) is 16.6. The minimum absolute atomic E-state index is 0.0326. The van der Waals surface area contributed by atoms with Crippen LogP contribution in [-0.2, 0) is 20.9 Å². The molecule has 2 aromatic rings. The van der Waals surface area contributed by atoms with Gasteiger partial charge in [0.05, 0.1) is 37.1 Å². The van der Waals surface area contributed by atoms with Gasteiger partial charge in [0.2, 0.25) is 11.8 Å². The predicted octanol–water partition coefficient (Wildman–Crippen LogP) is 2.19. The average molecular weight is 360 g/mol. The van der Waals surface area contributed by atoms with Crippen LogP contribution in [-0.4, -0.2) is 36.3 Å². The van der Waals surface area contributed by atoms with E-state index in [2.05, 4.69) is 10.1 Å². The highest BCUT2D eigenvalue weighted by Gasteiger charge is 2.35. The highest BCUT2D eigenvalue weighted by Crippen LogP contribution is 2.23. The molecule has 1 aromatic heterocycles. The maximum Gasteiger partial charge on any atom is 0.337 e. The summed E-state index contributed by atoms with van der Waals surface area (Å²) >= 11 is 0. The summed E-state index contributed by atoms with van der Waals surface area (Å²) in [5.41, 5.74) is -0.0130. The standard InChI is InChI=1S/C18H17FN2O5/c1-25-18(24)11-4-5-14(19)15(7-11)20-17(23)12-8-16(22)21(9-12)10-13-3-2-6-26-13/h2-7,12H,8-10H2,1H3,(H,20,23)/t12-/m0/s1. The summed E-state index contributed by atoms with van der Waals surface area (Å²) in [6.07, 6.45) is 1.54. The van der Waals surface area contributed by atoms with Crippen molar-refractivity contribution in [2.24, 2.45) is 5.92 Å².